The Labute approximate surface area is 121 Å². The molecule has 1 aliphatic rings. The number of aliphatic hydroxyl groups excluding tert-OH is 1. The number of nitrogens with one attached hydrogen (secondary N) is 1. The van der Waals surface area contributed by atoms with E-state index in [0.29, 0.717) is 12.5 Å². The van der Waals surface area contributed by atoms with E-state index >= 15 is 0 Å². The zero-order chi connectivity index (χ0) is 13.8. The molecular formula is C14H19BrN2O2. The molecule has 2 rings (SSSR count). The molecule has 1 amide bonds. The number of benzene rings is 1. The lowest BCUT2D eigenvalue weighted by atomic mass is 10.0. The summed E-state index contributed by atoms with van der Waals surface area (Å²) < 4.78 is 0.985. The third-order valence-corrected chi connectivity index (χ3v) is 4.19. The van der Waals surface area contributed by atoms with Crippen LogP contribution in [0.25, 0.3) is 0 Å². The van der Waals surface area contributed by atoms with Crippen LogP contribution in [0.4, 0.5) is 5.69 Å². The van der Waals surface area contributed by atoms with Gasteiger partial charge in [0.05, 0.1) is 13.2 Å². The standard InChI is InChI=1S/C14H19BrN2O2/c1-10-6-7-17(13(10)9-18)8-14(19)16-12-4-2-11(15)3-5-12/h2-5,10,13,18H,6-9H2,1H3,(H,16,19). The predicted octanol–water partition coefficient (Wildman–Crippen LogP) is 2.09. The maximum atomic E-state index is 12.0. The lowest BCUT2D eigenvalue weighted by molar-refractivity contribution is -0.117. The predicted molar refractivity (Wildman–Crippen MR) is 79.0 cm³/mol. The van der Waals surface area contributed by atoms with Crippen molar-refractivity contribution in [3.05, 3.63) is 28.7 Å². The summed E-state index contributed by atoms with van der Waals surface area (Å²) in [6, 6.07) is 7.61. The summed E-state index contributed by atoms with van der Waals surface area (Å²) in [5.41, 5.74) is 0.793. The number of hydrogen-bond donors (Lipinski definition) is 2. The van der Waals surface area contributed by atoms with Gasteiger partial charge in [-0.05, 0) is 43.1 Å². The van der Waals surface area contributed by atoms with Gasteiger partial charge >= 0.3 is 0 Å². The van der Waals surface area contributed by atoms with Crippen molar-refractivity contribution in [1.82, 2.24) is 4.90 Å². The van der Waals surface area contributed by atoms with E-state index < -0.39 is 0 Å². The maximum Gasteiger partial charge on any atom is 0.238 e. The van der Waals surface area contributed by atoms with Gasteiger partial charge < -0.3 is 10.4 Å². The van der Waals surface area contributed by atoms with Crippen molar-refractivity contribution in [3.8, 4) is 0 Å². The fourth-order valence-electron chi connectivity index (χ4n) is 2.50. The van der Waals surface area contributed by atoms with Gasteiger partial charge in [0, 0.05) is 16.2 Å². The molecule has 1 aliphatic heterocycles. The van der Waals surface area contributed by atoms with E-state index in [1.807, 2.05) is 24.3 Å². The summed E-state index contributed by atoms with van der Waals surface area (Å²) >= 11 is 3.36. The highest BCUT2D eigenvalue weighted by Crippen LogP contribution is 2.23. The molecule has 0 radical (unpaired) electrons. The molecule has 1 aromatic rings. The molecule has 0 bridgehead atoms. The van der Waals surface area contributed by atoms with Gasteiger partial charge in [0.15, 0.2) is 0 Å². The molecule has 2 atom stereocenters. The minimum Gasteiger partial charge on any atom is -0.395 e. The second-order valence-corrected chi connectivity index (χ2v) is 5.96. The van der Waals surface area contributed by atoms with Crippen LogP contribution in [-0.4, -0.2) is 41.7 Å². The average Bonchev–Trinajstić information content (AvgIpc) is 2.72. The van der Waals surface area contributed by atoms with Crippen molar-refractivity contribution < 1.29 is 9.90 Å². The molecule has 1 saturated heterocycles. The number of nitrogens with zero attached hydrogens (tertiary/aromatic N) is 1. The van der Waals surface area contributed by atoms with Crippen LogP contribution in [0.3, 0.4) is 0 Å². The molecule has 0 saturated carbocycles. The lowest BCUT2D eigenvalue weighted by Crippen LogP contribution is -2.40. The Morgan fingerprint density at radius 3 is 2.79 bits per heavy atom. The number of rotatable bonds is 4. The van der Waals surface area contributed by atoms with E-state index in [1.54, 1.807) is 0 Å². The third kappa shape index (κ3) is 3.78. The van der Waals surface area contributed by atoms with Gasteiger partial charge in [-0.3, -0.25) is 9.69 Å². The van der Waals surface area contributed by atoms with E-state index in [1.165, 1.54) is 0 Å². The van der Waals surface area contributed by atoms with Crippen LogP contribution < -0.4 is 5.32 Å². The van der Waals surface area contributed by atoms with Crippen LogP contribution >= 0.6 is 15.9 Å². The van der Waals surface area contributed by atoms with Crippen LogP contribution in [0.15, 0.2) is 28.7 Å². The topological polar surface area (TPSA) is 52.6 Å². The minimum absolute atomic E-state index is 0.0325. The molecule has 0 aliphatic carbocycles. The first-order chi connectivity index (χ1) is 9.10. The van der Waals surface area contributed by atoms with E-state index in [0.717, 1.165) is 23.1 Å². The van der Waals surface area contributed by atoms with Gasteiger partial charge in [0.25, 0.3) is 0 Å². The quantitative estimate of drug-likeness (QED) is 0.890. The van der Waals surface area contributed by atoms with Crippen LogP contribution in [0, 0.1) is 5.92 Å². The number of likely N-dealkylation sites (tertiary alicyclic amines) is 1. The molecule has 1 heterocycles. The summed E-state index contributed by atoms with van der Waals surface area (Å²) in [7, 11) is 0. The maximum absolute atomic E-state index is 12.0. The van der Waals surface area contributed by atoms with Crippen molar-refractivity contribution in [2.75, 3.05) is 25.0 Å². The fourth-order valence-corrected chi connectivity index (χ4v) is 2.76. The summed E-state index contributed by atoms with van der Waals surface area (Å²) in [6.45, 7) is 3.45. The van der Waals surface area contributed by atoms with Gasteiger partial charge in [0.2, 0.25) is 5.91 Å². The Morgan fingerprint density at radius 2 is 2.16 bits per heavy atom. The monoisotopic (exact) mass is 326 g/mol. The Hall–Kier alpha value is -0.910. The van der Waals surface area contributed by atoms with Crippen molar-refractivity contribution in [3.63, 3.8) is 0 Å². The molecule has 2 N–H and O–H groups in total. The van der Waals surface area contributed by atoms with Crippen molar-refractivity contribution >= 4 is 27.5 Å². The zero-order valence-corrected chi connectivity index (χ0v) is 12.6. The van der Waals surface area contributed by atoms with Crippen LogP contribution in [0.2, 0.25) is 0 Å². The van der Waals surface area contributed by atoms with Gasteiger partial charge in [-0.15, -0.1) is 0 Å². The number of carbonyl (C=O) groups is 1. The van der Waals surface area contributed by atoms with E-state index in [9.17, 15) is 9.90 Å². The molecule has 104 valence electrons. The smallest absolute Gasteiger partial charge is 0.238 e. The molecule has 4 nitrogen and oxygen atoms in total. The minimum atomic E-state index is -0.0325. The Balaban J connectivity index is 1.89. The van der Waals surface area contributed by atoms with Gasteiger partial charge in [-0.1, -0.05) is 22.9 Å². The first-order valence-electron chi connectivity index (χ1n) is 6.50. The Bertz CT molecular complexity index is 436. The van der Waals surface area contributed by atoms with Crippen molar-refractivity contribution in [1.29, 1.82) is 0 Å². The molecule has 1 aromatic carbocycles. The molecule has 0 aromatic heterocycles. The highest BCUT2D eigenvalue weighted by molar-refractivity contribution is 9.10. The third-order valence-electron chi connectivity index (χ3n) is 3.66. The first kappa shape index (κ1) is 14.5. The number of anilines is 1. The molecule has 1 fully saturated rings. The second-order valence-electron chi connectivity index (χ2n) is 5.04. The summed E-state index contributed by atoms with van der Waals surface area (Å²) in [5, 5.41) is 12.2. The largest absolute Gasteiger partial charge is 0.395 e. The number of carbonyl (C=O) groups excluding carboxylic acids is 1. The van der Waals surface area contributed by atoms with Crippen LogP contribution in [0.1, 0.15) is 13.3 Å². The SMILES string of the molecule is CC1CCN(CC(=O)Nc2ccc(Br)cc2)C1CO. The highest BCUT2D eigenvalue weighted by atomic mass is 79.9. The molecular weight excluding hydrogens is 308 g/mol. The average molecular weight is 327 g/mol. The van der Waals surface area contributed by atoms with Gasteiger partial charge in [-0.2, -0.15) is 0 Å². The summed E-state index contributed by atoms with van der Waals surface area (Å²) in [5.74, 6) is 0.417. The molecule has 0 spiro atoms. The summed E-state index contributed by atoms with van der Waals surface area (Å²) in [4.78, 5) is 14.0. The fraction of sp³-hybridized carbons (Fsp3) is 0.500. The van der Waals surface area contributed by atoms with Gasteiger partial charge in [-0.25, -0.2) is 0 Å². The number of hydrogen-bond acceptors (Lipinski definition) is 3. The van der Waals surface area contributed by atoms with Crippen LogP contribution in [0.5, 0.6) is 0 Å². The Kier molecular flexibility index (Phi) is 4.96. The second kappa shape index (κ2) is 6.50. The molecule has 19 heavy (non-hydrogen) atoms. The van der Waals surface area contributed by atoms with E-state index in [-0.39, 0.29) is 18.6 Å². The van der Waals surface area contributed by atoms with Crippen molar-refractivity contribution in [2.45, 2.75) is 19.4 Å². The number of halogens is 1. The van der Waals surface area contributed by atoms with Crippen molar-refractivity contribution in [2.24, 2.45) is 5.92 Å². The number of aliphatic hydroxyl groups is 1. The molecule has 5 heteroatoms. The number of amides is 1. The van der Waals surface area contributed by atoms with E-state index in [2.05, 4.69) is 33.1 Å². The molecule has 2 unspecified atom stereocenters. The highest BCUT2D eigenvalue weighted by Gasteiger charge is 2.31. The van der Waals surface area contributed by atoms with Crippen LogP contribution in [-0.2, 0) is 4.79 Å². The van der Waals surface area contributed by atoms with E-state index in [4.69, 9.17) is 0 Å². The lowest BCUT2D eigenvalue weighted by Gasteiger charge is -2.24. The zero-order valence-electron chi connectivity index (χ0n) is 11.0. The normalized spacial score (nSPS) is 23.5. The Morgan fingerprint density at radius 1 is 1.47 bits per heavy atom. The first-order valence-corrected chi connectivity index (χ1v) is 7.30. The van der Waals surface area contributed by atoms with Gasteiger partial charge in [0.1, 0.15) is 0 Å². The summed E-state index contributed by atoms with van der Waals surface area (Å²) in [6.07, 6.45) is 1.04.